The van der Waals surface area contributed by atoms with Crippen LogP contribution in [0.4, 0.5) is 17.2 Å². The zero-order valence-corrected chi connectivity index (χ0v) is 19.7. The van der Waals surface area contributed by atoms with Crippen LogP contribution in [0.25, 0.3) is 22.2 Å². The Bertz CT molecular complexity index is 1020. The summed E-state index contributed by atoms with van der Waals surface area (Å²) in [6, 6.07) is 12.9. The van der Waals surface area contributed by atoms with Gasteiger partial charge >= 0.3 is 0 Å². The third-order valence-corrected chi connectivity index (χ3v) is 5.89. The van der Waals surface area contributed by atoms with Gasteiger partial charge < -0.3 is 25.3 Å². The lowest BCUT2D eigenvalue weighted by Gasteiger charge is -2.28. The number of nitrogens with zero attached hydrogens (tertiary/aromatic N) is 5. The summed E-state index contributed by atoms with van der Waals surface area (Å²) in [6.07, 6.45) is 3.04. The standard InChI is InChI=1S/C25H35N7/c1-30(2)13-5-10-27-23-17-22(29-24-16-20(31(3)4)7-8-21(23)24)19-6-9-25(28-18-19)32-14-11-26-12-15-32/h6-9,16-18,26H,5,10-15H2,1-4H3,(H,27,29). The Morgan fingerprint density at radius 2 is 1.84 bits per heavy atom. The fourth-order valence-corrected chi connectivity index (χ4v) is 4.03. The van der Waals surface area contributed by atoms with Crippen LogP contribution < -0.4 is 20.4 Å². The Balaban J connectivity index is 1.64. The van der Waals surface area contributed by atoms with Crippen LogP contribution in [0, 0.1) is 0 Å². The van der Waals surface area contributed by atoms with Crippen molar-refractivity contribution in [2.75, 3.05) is 82.6 Å². The molecule has 2 aromatic heterocycles. The summed E-state index contributed by atoms with van der Waals surface area (Å²) in [5, 5.41) is 8.19. The van der Waals surface area contributed by atoms with Crippen LogP contribution in [0.5, 0.6) is 0 Å². The average Bonchev–Trinajstić information content (AvgIpc) is 2.81. The maximum absolute atomic E-state index is 5.01. The number of benzene rings is 1. The van der Waals surface area contributed by atoms with Crippen molar-refractivity contribution >= 4 is 28.1 Å². The van der Waals surface area contributed by atoms with Crippen LogP contribution in [-0.4, -0.2) is 82.3 Å². The van der Waals surface area contributed by atoms with Gasteiger partial charge in [0.25, 0.3) is 0 Å². The molecule has 0 aliphatic carbocycles. The third kappa shape index (κ3) is 5.29. The van der Waals surface area contributed by atoms with E-state index in [1.54, 1.807) is 0 Å². The molecule has 3 aromatic rings. The van der Waals surface area contributed by atoms with E-state index in [2.05, 4.69) is 89.9 Å². The van der Waals surface area contributed by atoms with E-state index in [0.29, 0.717) is 0 Å². The first kappa shape index (κ1) is 22.3. The smallest absolute Gasteiger partial charge is 0.128 e. The zero-order valence-electron chi connectivity index (χ0n) is 19.7. The topological polar surface area (TPSA) is 59.6 Å². The predicted molar refractivity (Wildman–Crippen MR) is 136 cm³/mol. The molecule has 170 valence electrons. The van der Waals surface area contributed by atoms with Crippen LogP contribution in [0.1, 0.15) is 6.42 Å². The van der Waals surface area contributed by atoms with Crippen LogP contribution in [0.3, 0.4) is 0 Å². The lowest BCUT2D eigenvalue weighted by Crippen LogP contribution is -2.43. The molecule has 1 saturated heterocycles. The van der Waals surface area contributed by atoms with Gasteiger partial charge in [0, 0.05) is 75.3 Å². The molecule has 32 heavy (non-hydrogen) atoms. The summed E-state index contributed by atoms with van der Waals surface area (Å²) in [5.74, 6) is 1.04. The van der Waals surface area contributed by atoms with E-state index in [-0.39, 0.29) is 0 Å². The SMILES string of the molecule is CN(C)CCCNc1cc(-c2ccc(N3CCNCC3)nc2)nc2cc(N(C)C)ccc12. The van der Waals surface area contributed by atoms with E-state index in [4.69, 9.17) is 9.97 Å². The molecule has 0 amide bonds. The number of anilines is 3. The molecule has 0 bridgehead atoms. The number of aromatic nitrogens is 2. The van der Waals surface area contributed by atoms with Gasteiger partial charge in [-0.15, -0.1) is 0 Å². The van der Waals surface area contributed by atoms with Crippen LogP contribution in [0.15, 0.2) is 42.6 Å². The number of hydrogen-bond donors (Lipinski definition) is 2. The molecule has 1 fully saturated rings. The van der Waals surface area contributed by atoms with Crippen molar-refractivity contribution in [1.82, 2.24) is 20.2 Å². The summed E-state index contributed by atoms with van der Waals surface area (Å²) < 4.78 is 0. The summed E-state index contributed by atoms with van der Waals surface area (Å²) in [4.78, 5) is 16.4. The number of pyridine rings is 2. The van der Waals surface area contributed by atoms with E-state index in [1.807, 2.05) is 6.20 Å². The molecule has 0 saturated carbocycles. The van der Waals surface area contributed by atoms with Crippen molar-refractivity contribution in [3.8, 4) is 11.3 Å². The van der Waals surface area contributed by atoms with Gasteiger partial charge in [-0.2, -0.15) is 0 Å². The molecule has 0 radical (unpaired) electrons. The predicted octanol–water partition coefficient (Wildman–Crippen LogP) is 3.14. The minimum atomic E-state index is 0.923. The number of fused-ring (bicyclic) bond motifs is 1. The van der Waals surface area contributed by atoms with Crippen LogP contribution in [0.2, 0.25) is 0 Å². The van der Waals surface area contributed by atoms with Gasteiger partial charge in [-0.3, -0.25) is 0 Å². The second kappa shape index (κ2) is 10.1. The molecule has 1 aromatic carbocycles. The van der Waals surface area contributed by atoms with Gasteiger partial charge in [0.15, 0.2) is 0 Å². The van der Waals surface area contributed by atoms with Crippen LogP contribution in [-0.2, 0) is 0 Å². The minimum absolute atomic E-state index is 0.923. The number of hydrogen-bond acceptors (Lipinski definition) is 7. The Labute approximate surface area is 191 Å². The van der Waals surface area contributed by atoms with E-state index in [0.717, 1.165) is 85.0 Å². The fourth-order valence-electron chi connectivity index (χ4n) is 4.03. The maximum atomic E-state index is 5.01. The van der Waals surface area contributed by atoms with Crippen molar-refractivity contribution < 1.29 is 0 Å². The van der Waals surface area contributed by atoms with Crippen molar-refractivity contribution in [1.29, 1.82) is 0 Å². The zero-order chi connectivity index (χ0) is 22.5. The second-order valence-electron chi connectivity index (χ2n) is 8.88. The second-order valence-corrected chi connectivity index (χ2v) is 8.88. The lowest BCUT2D eigenvalue weighted by atomic mass is 10.1. The Hall–Kier alpha value is -2.90. The third-order valence-electron chi connectivity index (χ3n) is 5.89. The molecule has 4 rings (SSSR count). The van der Waals surface area contributed by atoms with E-state index in [9.17, 15) is 0 Å². The Morgan fingerprint density at radius 3 is 2.53 bits per heavy atom. The highest BCUT2D eigenvalue weighted by atomic mass is 15.2. The monoisotopic (exact) mass is 433 g/mol. The van der Waals surface area contributed by atoms with E-state index in [1.165, 1.54) is 0 Å². The van der Waals surface area contributed by atoms with Gasteiger partial charge in [-0.1, -0.05) is 0 Å². The normalized spacial score (nSPS) is 14.2. The highest BCUT2D eigenvalue weighted by Crippen LogP contribution is 2.31. The van der Waals surface area contributed by atoms with Crippen molar-refractivity contribution in [2.24, 2.45) is 0 Å². The molecule has 1 aliphatic rings. The summed E-state index contributed by atoms with van der Waals surface area (Å²) in [7, 11) is 8.34. The average molecular weight is 434 g/mol. The molecular formula is C25H35N7. The molecule has 0 spiro atoms. The molecule has 0 atom stereocenters. The van der Waals surface area contributed by atoms with Gasteiger partial charge in [-0.25, -0.2) is 9.97 Å². The first-order valence-corrected chi connectivity index (χ1v) is 11.4. The lowest BCUT2D eigenvalue weighted by molar-refractivity contribution is 0.405. The largest absolute Gasteiger partial charge is 0.384 e. The van der Waals surface area contributed by atoms with Crippen molar-refractivity contribution in [3.05, 3.63) is 42.6 Å². The fraction of sp³-hybridized carbons (Fsp3) is 0.440. The van der Waals surface area contributed by atoms with E-state index >= 15 is 0 Å². The van der Waals surface area contributed by atoms with Gasteiger partial charge in [-0.05, 0) is 63.5 Å². The molecule has 3 heterocycles. The number of nitrogens with one attached hydrogen (secondary N) is 2. The molecule has 7 nitrogen and oxygen atoms in total. The van der Waals surface area contributed by atoms with Gasteiger partial charge in [0.05, 0.1) is 11.2 Å². The minimum Gasteiger partial charge on any atom is -0.384 e. The summed E-state index contributed by atoms with van der Waals surface area (Å²) >= 11 is 0. The summed E-state index contributed by atoms with van der Waals surface area (Å²) in [6.45, 7) is 5.99. The highest BCUT2D eigenvalue weighted by Gasteiger charge is 2.13. The molecule has 7 heteroatoms. The summed E-state index contributed by atoms with van der Waals surface area (Å²) in [5.41, 5.74) is 5.25. The molecule has 1 aliphatic heterocycles. The molecule has 2 N–H and O–H groups in total. The Morgan fingerprint density at radius 1 is 1.03 bits per heavy atom. The first-order valence-electron chi connectivity index (χ1n) is 11.4. The van der Waals surface area contributed by atoms with Gasteiger partial charge in [0.1, 0.15) is 5.82 Å². The number of rotatable bonds is 8. The quantitative estimate of drug-likeness (QED) is 0.529. The van der Waals surface area contributed by atoms with Crippen molar-refractivity contribution in [2.45, 2.75) is 6.42 Å². The number of piperazine rings is 1. The van der Waals surface area contributed by atoms with E-state index < -0.39 is 0 Å². The maximum Gasteiger partial charge on any atom is 0.128 e. The first-order chi connectivity index (χ1) is 15.5. The highest BCUT2D eigenvalue weighted by molar-refractivity contribution is 5.95. The molecule has 0 unspecified atom stereocenters. The van der Waals surface area contributed by atoms with Gasteiger partial charge in [0.2, 0.25) is 0 Å². The van der Waals surface area contributed by atoms with Crippen molar-refractivity contribution in [3.63, 3.8) is 0 Å². The Kier molecular flexibility index (Phi) is 7.07. The molecular weight excluding hydrogens is 398 g/mol. The van der Waals surface area contributed by atoms with Crippen LogP contribution >= 0.6 is 0 Å².